The summed E-state index contributed by atoms with van der Waals surface area (Å²) in [5.41, 5.74) is 7.69. The minimum absolute atomic E-state index is 0.193. The number of hydrogen-bond acceptors (Lipinski definition) is 4. The molecule has 4 aromatic rings. The van der Waals surface area contributed by atoms with E-state index in [1.807, 2.05) is 62.4 Å². The van der Waals surface area contributed by atoms with Gasteiger partial charge in [0.05, 0.1) is 17.3 Å². The molecule has 0 spiro atoms. The van der Waals surface area contributed by atoms with Crippen LogP contribution < -0.4 is 10.2 Å². The average Bonchev–Trinajstić information content (AvgIpc) is 3.36. The van der Waals surface area contributed by atoms with Gasteiger partial charge in [0.1, 0.15) is 0 Å². The Morgan fingerprint density at radius 3 is 2.37 bits per heavy atom. The van der Waals surface area contributed by atoms with Crippen molar-refractivity contribution in [2.75, 3.05) is 4.90 Å². The molecule has 35 heavy (non-hydrogen) atoms. The molecule has 1 aliphatic rings. The summed E-state index contributed by atoms with van der Waals surface area (Å²) >= 11 is 0. The fraction of sp³-hybridized carbons (Fsp3) is 0.207. The Labute approximate surface area is 205 Å². The van der Waals surface area contributed by atoms with Crippen molar-refractivity contribution in [2.45, 2.75) is 40.2 Å². The monoisotopic (exact) mass is 464 g/mol. The highest BCUT2D eigenvalue weighted by atomic mass is 16.5. The molecular weight excluding hydrogens is 436 g/mol. The summed E-state index contributed by atoms with van der Waals surface area (Å²) in [6.07, 6.45) is 0.948. The lowest BCUT2D eigenvalue weighted by atomic mass is 9.93. The topological polar surface area (TPSA) is 71.3 Å². The predicted molar refractivity (Wildman–Crippen MR) is 138 cm³/mol. The maximum absolute atomic E-state index is 13.4. The van der Waals surface area contributed by atoms with Crippen LogP contribution in [0.25, 0.3) is 17.0 Å². The van der Waals surface area contributed by atoms with Gasteiger partial charge in [-0.15, -0.1) is 0 Å². The maximum atomic E-state index is 13.4. The first-order valence-electron chi connectivity index (χ1n) is 11.8. The predicted octanol–water partition coefficient (Wildman–Crippen LogP) is 6.62. The van der Waals surface area contributed by atoms with Gasteiger partial charge < -0.3 is 9.84 Å². The molecule has 1 aromatic heterocycles. The zero-order chi connectivity index (χ0) is 24.5. The van der Waals surface area contributed by atoms with E-state index in [-0.39, 0.29) is 6.03 Å². The molecule has 0 aliphatic carbocycles. The second-order valence-corrected chi connectivity index (χ2v) is 8.87. The second kappa shape index (κ2) is 9.22. The van der Waals surface area contributed by atoms with Crippen molar-refractivity contribution in [3.8, 4) is 11.4 Å². The Hall–Kier alpha value is -4.19. The van der Waals surface area contributed by atoms with Crippen LogP contribution in [0.5, 0.6) is 0 Å². The Bertz CT molecular complexity index is 1400. The molecule has 6 nitrogen and oxygen atoms in total. The Morgan fingerprint density at radius 1 is 0.943 bits per heavy atom. The number of amides is 2. The largest absolute Gasteiger partial charge is 0.334 e. The van der Waals surface area contributed by atoms with Gasteiger partial charge in [-0.3, -0.25) is 4.90 Å². The number of aromatic nitrogens is 2. The zero-order valence-electron chi connectivity index (χ0n) is 20.4. The van der Waals surface area contributed by atoms with Crippen LogP contribution in [-0.2, 0) is 6.42 Å². The van der Waals surface area contributed by atoms with Gasteiger partial charge in [-0.2, -0.15) is 4.98 Å². The van der Waals surface area contributed by atoms with Gasteiger partial charge in [-0.05, 0) is 61.6 Å². The molecule has 0 saturated heterocycles. The standard InChI is InChI=1S/C29H28N4O2/c1-5-21-12-14-22(15-13-21)26-25(28-31-27(32-35-28)23-9-7-6-8-10-23)20(4)33(29(34)30-26)24-16-11-18(2)19(3)17-24/h6-17,26H,5H2,1-4H3,(H,30,34). The summed E-state index contributed by atoms with van der Waals surface area (Å²) in [7, 11) is 0. The third-order valence-electron chi connectivity index (χ3n) is 6.64. The third kappa shape index (κ3) is 4.23. The van der Waals surface area contributed by atoms with Gasteiger partial charge in [0.2, 0.25) is 5.82 Å². The molecule has 1 atom stereocenters. The summed E-state index contributed by atoms with van der Waals surface area (Å²) in [5, 5.41) is 7.42. The molecule has 2 amide bonds. The number of anilines is 1. The molecular formula is C29H28N4O2. The van der Waals surface area contributed by atoms with E-state index in [0.717, 1.165) is 40.1 Å². The Morgan fingerprint density at radius 2 is 1.69 bits per heavy atom. The van der Waals surface area contributed by atoms with E-state index in [9.17, 15) is 4.79 Å². The number of nitrogens with one attached hydrogen (secondary N) is 1. The highest BCUT2D eigenvalue weighted by Crippen LogP contribution is 2.39. The van der Waals surface area contributed by atoms with E-state index < -0.39 is 6.04 Å². The smallest absolute Gasteiger partial charge is 0.326 e. The number of benzene rings is 3. The van der Waals surface area contributed by atoms with Crippen LogP contribution in [0.1, 0.15) is 48.0 Å². The molecule has 0 bridgehead atoms. The van der Waals surface area contributed by atoms with Crippen LogP contribution in [-0.4, -0.2) is 16.2 Å². The molecule has 176 valence electrons. The Balaban J connectivity index is 1.65. The summed E-state index contributed by atoms with van der Waals surface area (Å²) in [6.45, 7) is 8.16. The van der Waals surface area contributed by atoms with Gasteiger partial charge in [-0.1, -0.05) is 72.7 Å². The van der Waals surface area contributed by atoms with E-state index >= 15 is 0 Å². The molecule has 1 N–H and O–H groups in total. The van der Waals surface area contributed by atoms with Crippen molar-refractivity contribution in [3.05, 3.63) is 107 Å². The van der Waals surface area contributed by atoms with Crippen LogP contribution in [0.3, 0.4) is 0 Å². The normalized spacial score (nSPS) is 15.9. The van der Waals surface area contributed by atoms with Crippen molar-refractivity contribution >= 4 is 17.3 Å². The van der Waals surface area contributed by atoms with Gasteiger partial charge in [0.15, 0.2) is 0 Å². The number of rotatable bonds is 5. The number of aryl methyl sites for hydroxylation is 3. The molecule has 6 heteroatoms. The SMILES string of the molecule is CCc1ccc(C2NC(=O)N(c3ccc(C)c(C)c3)C(C)=C2c2nc(-c3ccccc3)no2)cc1. The first kappa shape index (κ1) is 22.6. The lowest BCUT2D eigenvalue weighted by Crippen LogP contribution is -2.46. The lowest BCUT2D eigenvalue weighted by molar-refractivity contribution is 0.244. The van der Waals surface area contributed by atoms with Gasteiger partial charge in [-0.25, -0.2) is 4.79 Å². The van der Waals surface area contributed by atoms with Crippen LogP contribution in [0.15, 0.2) is 83.0 Å². The van der Waals surface area contributed by atoms with Crippen LogP contribution in [0.4, 0.5) is 10.5 Å². The van der Waals surface area contributed by atoms with Crippen LogP contribution >= 0.6 is 0 Å². The number of nitrogens with zero attached hydrogens (tertiary/aromatic N) is 3. The van der Waals surface area contributed by atoms with Crippen molar-refractivity contribution in [2.24, 2.45) is 0 Å². The number of carbonyl (C=O) groups is 1. The van der Waals surface area contributed by atoms with E-state index in [1.54, 1.807) is 4.90 Å². The molecule has 5 rings (SSSR count). The fourth-order valence-electron chi connectivity index (χ4n) is 4.43. The number of allylic oxidation sites excluding steroid dienone is 1. The third-order valence-corrected chi connectivity index (χ3v) is 6.64. The molecule has 1 unspecified atom stereocenters. The van der Waals surface area contributed by atoms with Crippen molar-refractivity contribution in [1.82, 2.24) is 15.5 Å². The quantitative estimate of drug-likeness (QED) is 0.360. The lowest BCUT2D eigenvalue weighted by Gasteiger charge is -2.35. The zero-order valence-corrected chi connectivity index (χ0v) is 20.4. The summed E-state index contributed by atoms with van der Waals surface area (Å²) in [5.74, 6) is 0.898. The number of urea groups is 1. The number of hydrogen-bond donors (Lipinski definition) is 1. The van der Waals surface area contributed by atoms with Crippen molar-refractivity contribution in [1.29, 1.82) is 0 Å². The molecule has 3 aromatic carbocycles. The summed E-state index contributed by atoms with van der Waals surface area (Å²) < 4.78 is 5.79. The van der Waals surface area contributed by atoms with E-state index in [0.29, 0.717) is 11.7 Å². The summed E-state index contributed by atoms with van der Waals surface area (Å²) in [6, 6.07) is 23.4. The average molecular weight is 465 g/mol. The fourth-order valence-corrected chi connectivity index (χ4v) is 4.43. The van der Waals surface area contributed by atoms with Crippen LogP contribution in [0, 0.1) is 13.8 Å². The van der Waals surface area contributed by atoms with E-state index in [2.05, 4.69) is 48.6 Å². The van der Waals surface area contributed by atoms with Gasteiger partial charge in [0.25, 0.3) is 5.89 Å². The number of carbonyl (C=O) groups excluding carboxylic acids is 1. The molecule has 1 aliphatic heterocycles. The maximum Gasteiger partial charge on any atom is 0.326 e. The minimum atomic E-state index is -0.416. The summed E-state index contributed by atoms with van der Waals surface area (Å²) in [4.78, 5) is 19.8. The molecule has 0 fully saturated rings. The van der Waals surface area contributed by atoms with E-state index in [4.69, 9.17) is 9.51 Å². The Kier molecular flexibility index (Phi) is 5.95. The first-order chi connectivity index (χ1) is 17.0. The molecule has 2 heterocycles. The van der Waals surface area contributed by atoms with Crippen molar-refractivity contribution < 1.29 is 9.32 Å². The van der Waals surface area contributed by atoms with Crippen LogP contribution in [0.2, 0.25) is 0 Å². The van der Waals surface area contributed by atoms with E-state index in [1.165, 1.54) is 11.1 Å². The van der Waals surface area contributed by atoms with Gasteiger partial charge in [0, 0.05) is 11.3 Å². The van der Waals surface area contributed by atoms with Crippen molar-refractivity contribution in [3.63, 3.8) is 0 Å². The molecule has 0 saturated carbocycles. The second-order valence-electron chi connectivity index (χ2n) is 8.87. The van der Waals surface area contributed by atoms with Gasteiger partial charge >= 0.3 is 6.03 Å². The highest BCUT2D eigenvalue weighted by Gasteiger charge is 2.36. The minimum Gasteiger partial charge on any atom is -0.334 e. The highest BCUT2D eigenvalue weighted by molar-refractivity contribution is 6.01. The molecule has 0 radical (unpaired) electrons. The first-order valence-corrected chi connectivity index (χ1v) is 11.8.